The molecule has 0 heterocycles. The number of hydrogen-bond donors (Lipinski definition) is 2. The first-order valence-corrected chi connectivity index (χ1v) is 9.18. The maximum absolute atomic E-state index is 13.2. The molecule has 0 aliphatic rings. The van der Waals surface area contributed by atoms with Gasteiger partial charge >= 0.3 is 6.03 Å². The Morgan fingerprint density at radius 3 is 2.04 bits per heavy atom. The quantitative estimate of drug-likeness (QED) is 0.693. The Bertz CT molecular complexity index is 705. The van der Waals surface area contributed by atoms with Crippen molar-refractivity contribution in [1.82, 2.24) is 15.1 Å². The van der Waals surface area contributed by atoms with E-state index in [9.17, 15) is 19.2 Å². The maximum atomic E-state index is 13.2. The van der Waals surface area contributed by atoms with E-state index in [0.29, 0.717) is 6.42 Å². The first-order valence-electron chi connectivity index (χ1n) is 9.18. The van der Waals surface area contributed by atoms with Crippen LogP contribution in [0.1, 0.15) is 32.8 Å². The number of carbonyl (C=O) groups is 4. The van der Waals surface area contributed by atoms with Crippen LogP contribution in [-0.2, 0) is 20.8 Å². The summed E-state index contributed by atoms with van der Waals surface area (Å²) >= 11 is 0. The van der Waals surface area contributed by atoms with E-state index in [4.69, 9.17) is 5.73 Å². The molecule has 3 N–H and O–H groups in total. The summed E-state index contributed by atoms with van der Waals surface area (Å²) in [5.41, 5.74) is 6.43. The molecule has 0 unspecified atom stereocenters. The summed E-state index contributed by atoms with van der Waals surface area (Å²) in [4.78, 5) is 51.1. The second-order valence-electron chi connectivity index (χ2n) is 7.30. The number of hydrogen-bond acceptors (Lipinski definition) is 4. The molecule has 0 aromatic heterocycles. The summed E-state index contributed by atoms with van der Waals surface area (Å²) in [5.74, 6) is -1.44. The summed E-state index contributed by atoms with van der Waals surface area (Å²) in [6.07, 6.45) is 0.651. The molecule has 1 aromatic carbocycles. The second kappa shape index (κ2) is 10.4. The fraction of sp³-hybridized carbons (Fsp3) is 0.500. The van der Waals surface area contributed by atoms with E-state index in [-0.39, 0.29) is 12.3 Å². The molecule has 0 saturated carbocycles. The van der Waals surface area contributed by atoms with Gasteiger partial charge in [-0.2, -0.15) is 0 Å². The summed E-state index contributed by atoms with van der Waals surface area (Å²) in [7, 11) is 2.96. The number of imide groups is 1. The monoisotopic (exact) mass is 390 g/mol. The van der Waals surface area contributed by atoms with Crippen LogP contribution in [0.5, 0.6) is 0 Å². The molecule has 0 aliphatic heterocycles. The molecule has 154 valence electrons. The smallest absolute Gasteiger partial charge is 0.324 e. The van der Waals surface area contributed by atoms with Gasteiger partial charge in [-0.15, -0.1) is 0 Å². The minimum atomic E-state index is -0.853. The van der Waals surface area contributed by atoms with E-state index in [1.54, 1.807) is 0 Å². The third-order valence-corrected chi connectivity index (χ3v) is 4.47. The molecule has 1 aromatic rings. The largest absolute Gasteiger partial charge is 0.368 e. The van der Waals surface area contributed by atoms with Gasteiger partial charge in [0.1, 0.15) is 12.1 Å². The van der Waals surface area contributed by atoms with Crippen molar-refractivity contribution in [1.29, 1.82) is 0 Å². The minimum Gasteiger partial charge on any atom is -0.368 e. The Kier molecular flexibility index (Phi) is 8.63. The number of nitrogens with zero attached hydrogens (tertiary/aromatic N) is 2. The number of primary amides is 1. The van der Waals surface area contributed by atoms with Crippen molar-refractivity contribution in [3.05, 3.63) is 35.9 Å². The van der Waals surface area contributed by atoms with E-state index in [2.05, 4.69) is 5.32 Å². The lowest BCUT2D eigenvalue weighted by molar-refractivity contribution is -0.141. The minimum absolute atomic E-state index is 0.107. The van der Waals surface area contributed by atoms with Gasteiger partial charge in [-0.3, -0.25) is 19.7 Å². The molecule has 0 saturated heterocycles. The molecule has 0 aliphatic carbocycles. The van der Waals surface area contributed by atoms with Gasteiger partial charge in [0, 0.05) is 27.4 Å². The zero-order valence-corrected chi connectivity index (χ0v) is 17.1. The zero-order chi connectivity index (χ0) is 21.4. The van der Waals surface area contributed by atoms with Crippen LogP contribution in [0.25, 0.3) is 0 Å². The lowest BCUT2D eigenvalue weighted by atomic mass is 9.99. The van der Waals surface area contributed by atoms with Gasteiger partial charge in [0.05, 0.1) is 0 Å². The van der Waals surface area contributed by atoms with Gasteiger partial charge in [0.2, 0.25) is 17.7 Å². The molecule has 2 atom stereocenters. The average molecular weight is 390 g/mol. The lowest BCUT2D eigenvalue weighted by Crippen LogP contribution is -2.56. The predicted molar refractivity (Wildman–Crippen MR) is 106 cm³/mol. The Morgan fingerprint density at radius 2 is 1.57 bits per heavy atom. The van der Waals surface area contributed by atoms with Gasteiger partial charge in [0.25, 0.3) is 0 Å². The fourth-order valence-corrected chi connectivity index (χ4v) is 2.91. The topological polar surface area (TPSA) is 113 Å². The number of amides is 5. The van der Waals surface area contributed by atoms with Crippen LogP contribution in [0.15, 0.2) is 30.3 Å². The normalized spacial score (nSPS) is 12.8. The summed E-state index contributed by atoms with van der Waals surface area (Å²) in [6, 6.07) is 6.90. The van der Waals surface area contributed by atoms with Crippen LogP contribution in [0.2, 0.25) is 0 Å². The average Bonchev–Trinajstić information content (AvgIpc) is 2.62. The molecule has 1 rings (SSSR count). The Morgan fingerprint density at radius 1 is 1.00 bits per heavy atom. The zero-order valence-electron chi connectivity index (χ0n) is 17.1. The lowest BCUT2D eigenvalue weighted by Gasteiger charge is -2.34. The molecule has 8 nitrogen and oxygen atoms in total. The first kappa shape index (κ1) is 23.1. The van der Waals surface area contributed by atoms with Crippen LogP contribution in [-0.4, -0.2) is 59.7 Å². The first-order chi connectivity index (χ1) is 13.0. The Hall–Kier alpha value is -2.90. The molecule has 0 spiro atoms. The van der Waals surface area contributed by atoms with E-state index >= 15 is 0 Å². The van der Waals surface area contributed by atoms with Gasteiger partial charge < -0.3 is 15.5 Å². The Balaban J connectivity index is 3.07. The molecule has 0 radical (unpaired) electrons. The molecule has 0 bridgehead atoms. The highest BCUT2D eigenvalue weighted by Crippen LogP contribution is 2.16. The van der Waals surface area contributed by atoms with Crippen LogP contribution < -0.4 is 11.1 Å². The van der Waals surface area contributed by atoms with Crippen molar-refractivity contribution >= 4 is 23.8 Å². The summed E-state index contributed by atoms with van der Waals surface area (Å²) in [5, 5.41) is 2.17. The van der Waals surface area contributed by atoms with Gasteiger partial charge in [-0.05, 0) is 17.9 Å². The van der Waals surface area contributed by atoms with Crippen LogP contribution in [0, 0.1) is 5.92 Å². The van der Waals surface area contributed by atoms with Gasteiger partial charge in [-0.25, -0.2) is 4.79 Å². The van der Waals surface area contributed by atoms with E-state index < -0.39 is 35.8 Å². The van der Waals surface area contributed by atoms with Crippen molar-refractivity contribution in [3.63, 3.8) is 0 Å². The van der Waals surface area contributed by atoms with Crippen molar-refractivity contribution in [2.75, 3.05) is 14.1 Å². The van der Waals surface area contributed by atoms with Crippen molar-refractivity contribution in [2.24, 2.45) is 11.7 Å². The van der Waals surface area contributed by atoms with E-state index in [1.165, 1.54) is 30.8 Å². The summed E-state index contributed by atoms with van der Waals surface area (Å²) < 4.78 is 0. The number of likely N-dealkylation sites (N-methyl/N-ethyl adjacent to an activating group) is 2. The SMILES string of the molecule is CC(=O)NC(=O)N(C)[C@@H](CC(C)C)C(=O)N(C)[C@@H](Cc1ccccc1)C(N)=O. The number of benzene rings is 1. The second-order valence-corrected chi connectivity index (χ2v) is 7.30. The number of urea groups is 1. The third-order valence-electron chi connectivity index (χ3n) is 4.47. The van der Waals surface area contributed by atoms with Crippen molar-refractivity contribution < 1.29 is 19.2 Å². The standard InChI is InChI=1S/C20H30N4O4/c1-13(2)11-17(24(5)20(28)22-14(3)25)19(27)23(4)16(18(21)26)12-15-9-7-6-8-10-15/h6-10,13,16-17H,11-12H2,1-5H3,(H2,21,26)(H,22,25,28)/t16-,17-/m0/s1. The summed E-state index contributed by atoms with van der Waals surface area (Å²) in [6.45, 7) is 5.07. The van der Waals surface area contributed by atoms with E-state index in [1.807, 2.05) is 44.2 Å². The highest BCUT2D eigenvalue weighted by Gasteiger charge is 2.34. The van der Waals surface area contributed by atoms with Crippen LogP contribution in [0.3, 0.4) is 0 Å². The van der Waals surface area contributed by atoms with Gasteiger partial charge in [-0.1, -0.05) is 44.2 Å². The predicted octanol–water partition coefficient (Wildman–Crippen LogP) is 1.14. The molecular formula is C20H30N4O4. The number of rotatable bonds is 8. The molecule has 28 heavy (non-hydrogen) atoms. The highest BCUT2D eigenvalue weighted by molar-refractivity contribution is 5.96. The molecule has 8 heteroatoms. The molecular weight excluding hydrogens is 360 g/mol. The molecule has 0 fully saturated rings. The fourth-order valence-electron chi connectivity index (χ4n) is 2.91. The van der Waals surface area contributed by atoms with Gasteiger partial charge in [0.15, 0.2) is 0 Å². The maximum Gasteiger partial charge on any atom is 0.324 e. The molecule has 5 amide bonds. The van der Waals surface area contributed by atoms with Crippen LogP contribution >= 0.6 is 0 Å². The van der Waals surface area contributed by atoms with Crippen molar-refractivity contribution in [3.8, 4) is 0 Å². The van der Waals surface area contributed by atoms with Crippen molar-refractivity contribution in [2.45, 2.75) is 45.7 Å². The number of nitrogens with one attached hydrogen (secondary N) is 1. The third kappa shape index (κ3) is 6.68. The van der Waals surface area contributed by atoms with E-state index in [0.717, 1.165) is 5.56 Å². The number of nitrogens with two attached hydrogens (primary N) is 1. The Labute approximate surface area is 166 Å². The number of carbonyl (C=O) groups excluding carboxylic acids is 4. The van der Waals surface area contributed by atoms with Crippen LogP contribution in [0.4, 0.5) is 4.79 Å². The highest BCUT2D eigenvalue weighted by atomic mass is 16.2.